The molecule has 0 bridgehead atoms. The van der Waals surface area contributed by atoms with Gasteiger partial charge in [0.05, 0.1) is 5.76 Å². The van der Waals surface area contributed by atoms with Crippen LogP contribution in [0.5, 0.6) is 0 Å². The molecule has 5 aromatic rings. The predicted octanol–water partition coefficient (Wildman–Crippen LogP) is 13.9. The number of fused-ring (bicyclic) bond motifs is 4. The summed E-state index contributed by atoms with van der Waals surface area (Å²) in [7, 11) is 0. The number of nitrogens with zero attached hydrogens (tertiary/aromatic N) is 1. The quantitative estimate of drug-likeness (QED) is 0.0912. The van der Waals surface area contributed by atoms with Crippen molar-refractivity contribution in [3.63, 3.8) is 0 Å². The first-order valence-electron chi connectivity index (χ1n) is 19.0. The maximum absolute atomic E-state index is 11.7. The third kappa shape index (κ3) is 9.39. The third-order valence-corrected chi connectivity index (χ3v) is 12.3. The molecule has 1 fully saturated rings. The largest absolute Gasteiger partial charge is 0.512 e. The van der Waals surface area contributed by atoms with Crippen molar-refractivity contribution in [2.24, 2.45) is 17.3 Å². The van der Waals surface area contributed by atoms with E-state index in [0.717, 1.165) is 42.3 Å². The van der Waals surface area contributed by atoms with E-state index in [1.165, 1.54) is 68.4 Å². The summed E-state index contributed by atoms with van der Waals surface area (Å²) in [4.78, 5) is 16.6. The van der Waals surface area contributed by atoms with Crippen molar-refractivity contribution >= 4 is 48.1 Å². The van der Waals surface area contributed by atoms with E-state index in [1.807, 2.05) is 45.2 Å². The van der Waals surface area contributed by atoms with Gasteiger partial charge in [0.25, 0.3) is 0 Å². The standard InChI is InChI=1S/C33H34NS.C13H24O2.Ir/c1-32(2,3)28-19-24(18-23-8-6-7-9-25(23)28)30-31-27(14-17-34-30)26-11-10-22(20-29(26)35-31)21-12-15-33(4,5)16-13-21;1-5-10(6-2)12(14)9-13(15)11(7-3)8-4;/h6-11,14,17,19-21H,12-13,15-16H2,1-5H3;9-11,14H,5-8H2,1-4H3;/q-1;;/b;12-9-;. The molecule has 2 aromatic heterocycles. The van der Waals surface area contributed by atoms with Gasteiger partial charge in [-0.25, -0.2) is 0 Å². The summed E-state index contributed by atoms with van der Waals surface area (Å²) in [5.74, 6) is 1.24. The minimum absolute atomic E-state index is 0. The first-order chi connectivity index (χ1) is 23.8. The predicted molar refractivity (Wildman–Crippen MR) is 216 cm³/mol. The Bertz CT molecular complexity index is 1960. The van der Waals surface area contributed by atoms with Crippen LogP contribution in [0.15, 0.2) is 72.6 Å². The average Bonchev–Trinajstić information content (AvgIpc) is 3.47. The molecule has 51 heavy (non-hydrogen) atoms. The monoisotopic (exact) mass is 881 g/mol. The molecule has 2 heterocycles. The van der Waals surface area contributed by atoms with Crippen LogP contribution in [0.4, 0.5) is 0 Å². The second kappa shape index (κ2) is 17.3. The molecule has 5 heteroatoms. The normalized spacial score (nSPS) is 15.3. The Morgan fingerprint density at radius 1 is 0.922 bits per heavy atom. The van der Waals surface area contributed by atoms with E-state index in [2.05, 4.69) is 95.3 Å². The zero-order valence-electron chi connectivity index (χ0n) is 32.3. The Hall–Kier alpha value is -2.85. The van der Waals surface area contributed by atoms with Crippen molar-refractivity contribution in [3.8, 4) is 11.3 Å². The molecule has 0 spiro atoms. The molecule has 3 aromatic carbocycles. The van der Waals surface area contributed by atoms with E-state index in [9.17, 15) is 9.90 Å². The average molecular weight is 881 g/mol. The van der Waals surface area contributed by atoms with Crippen LogP contribution < -0.4 is 0 Å². The second-order valence-electron chi connectivity index (χ2n) is 16.2. The van der Waals surface area contributed by atoms with Gasteiger partial charge in [0.2, 0.25) is 0 Å². The maximum atomic E-state index is 11.7. The fourth-order valence-electron chi connectivity index (χ4n) is 7.66. The van der Waals surface area contributed by atoms with Gasteiger partial charge in [-0.3, -0.25) is 9.78 Å². The van der Waals surface area contributed by atoms with Crippen LogP contribution in [-0.2, 0) is 30.3 Å². The molecule has 0 saturated heterocycles. The van der Waals surface area contributed by atoms with Crippen LogP contribution >= 0.6 is 11.3 Å². The fourth-order valence-corrected chi connectivity index (χ4v) is 8.91. The summed E-state index contributed by atoms with van der Waals surface area (Å²) in [6.07, 6.45) is 12.1. The molecule has 3 nitrogen and oxygen atoms in total. The molecule has 1 saturated carbocycles. The molecule has 6 rings (SSSR count). The van der Waals surface area contributed by atoms with Gasteiger partial charge in [-0.05, 0) is 96.6 Å². The first-order valence-corrected chi connectivity index (χ1v) is 19.8. The Morgan fingerprint density at radius 2 is 1.57 bits per heavy atom. The van der Waals surface area contributed by atoms with Crippen LogP contribution in [0.1, 0.15) is 131 Å². The number of ketones is 1. The van der Waals surface area contributed by atoms with E-state index < -0.39 is 0 Å². The van der Waals surface area contributed by atoms with Crippen molar-refractivity contribution in [2.75, 3.05) is 0 Å². The zero-order valence-corrected chi connectivity index (χ0v) is 35.5. The Labute approximate surface area is 324 Å². The summed E-state index contributed by atoms with van der Waals surface area (Å²) in [5, 5.41) is 14.9. The van der Waals surface area contributed by atoms with Gasteiger partial charge >= 0.3 is 0 Å². The number of pyridine rings is 1. The second-order valence-corrected chi connectivity index (χ2v) is 17.3. The molecule has 1 radical (unpaired) electrons. The molecule has 0 amide bonds. The van der Waals surface area contributed by atoms with E-state index in [4.69, 9.17) is 4.98 Å². The third-order valence-electron chi connectivity index (χ3n) is 11.1. The number of carbonyl (C=O) groups is 1. The van der Waals surface area contributed by atoms with Gasteiger partial charge in [0.1, 0.15) is 0 Å². The molecular weight excluding hydrogens is 823 g/mol. The van der Waals surface area contributed by atoms with Gasteiger partial charge < -0.3 is 5.11 Å². The summed E-state index contributed by atoms with van der Waals surface area (Å²) in [6, 6.07) is 24.1. The topological polar surface area (TPSA) is 50.2 Å². The summed E-state index contributed by atoms with van der Waals surface area (Å²) in [6.45, 7) is 19.8. The molecule has 275 valence electrons. The molecule has 0 unspecified atom stereocenters. The summed E-state index contributed by atoms with van der Waals surface area (Å²) in [5.41, 5.74) is 5.56. The van der Waals surface area contributed by atoms with Crippen LogP contribution in [0, 0.1) is 23.3 Å². The molecule has 0 atom stereocenters. The molecule has 1 aliphatic carbocycles. The van der Waals surface area contributed by atoms with Gasteiger partial charge in [0.15, 0.2) is 5.78 Å². The number of aliphatic hydroxyl groups excluding tert-OH is 1. The number of aliphatic hydroxyl groups is 1. The minimum Gasteiger partial charge on any atom is -0.512 e. The Balaban J connectivity index is 0.000000312. The fraction of sp³-hybridized carbons (Fsp3) is 0.478. The smallest absolute Gasteiger partial charge is 0.162 e. The SMILES string of the molecule is CC1(C)CCC(c2ccc3c(c2)sc2c(-c4[c-]c5ccccc5c(C(C)(C)C)c4)nccc23)CC1.CCC(CC)C(=O)/C=C(\O)C(CC)CC.[Ir]. The number of benzene rings is 3. The van der Waals surface area contributed by atoms with E-state index in [-0.39, 0.29) is 48.9 Å². The van der Waals surface area contributed by atoms with Crippen LogP contribution in [0.3, 0.4) is 0 Å². The Kier molecular flexibility index (Phi) is 13.9. The van der Waals surface area contributed by atoms with Crippen molar-refractivity contribution in [1.29, 1.82) is 0 Å². The molecule has 1 aliphatic rings. The van der Waals surface area contributed by atoms with Gasteiger partial charge in [0, 0.05) is 59.3 Å². The van der Waals surface area contributed by atoms with E-state index in [1.54, 1.807) is 0 Å². The first kappa shape index (κ1) is 40.9. The summed E-state index contributed by atoms with van der Waals surface area (Å²) < 4.78 is 2.66. The number of hydrogen-bond donors (Lipinski definition) is 1. The minimum atomic E-state index is 0. The van der Waals surface area contributed by atoms with Crippen LogP contribution in [-0.4, -0.2) is 15.9 Å². The zero-order chi connectivity index (χ0) is 36.2. The molecule has 1 N–H and O–H groups in total. The number of carbonyl (C=O) groups excluding carboxylic acids is 1. The van der Waals surface area contributed by atoms with Crippen LogP contribution in [0.2, 0.25) is 0 Å². The van der Waals surface area contributed by atoms with Crippen molar-refractivity contribution in [1.82, 2.24) is 4.98 Å². The van der Waals surface area contributed by atoms with Crippen LogP contribution in [0.25, 0.3) is 42.2 Å². The molecule has 0 aliphatic heterocycles. The maximum Gasteiger partial charge on any atom is 0.162 e. The van der Waals surface area contributed by atoms with Crippen molar-refractivity contribution in [3.05, 3.63) is 89.8 Å². The number of rotatable bonds is 9. The van der Waals surface area contributed by atoms with Crippen molar-refractivity contribution in [2.45, 2.75) is 125 Å². The van der Waals surface area contributed by atoms with Gasteiger partial charge in [-0.2, -0.15) is 0 Å². The number of hydrogen-bond acceptors (Lipinski definition) is 4. The summed E-state index contributed by atoms with van der Waals surface area (Å²) >= 11 is 1.90. The van der Waals surface area contributed by atoms with E-state index in [0.29, 0.717) is 11.3 Å². The number of allylic oxidation sites excluding steroid dienone is 2. The van der Waals surface area contributed by atoms with Gasteiger partial charge in [-0.15, -0.1) is 40.5 Å². The number of thiophene rings is 1. The molecular formula is C46H58IrNO2S-. The van der Waals surface area contributed by atoms with E-state index >= 15 is 0 Å². The Morgan fingerprint density at radius 3 is 2.20 bits per heavy atom. The number of aromatic nitrogens is 1. The van der Waals surface area contributed by atoms with Gasteiger partial charge in [-0.1, -0.05) is 104 Å². The van der Waals surface area contributed by atoms with Crippen molar-refractivity contribution < 1.29 is 30.0 Å².